The van der Waals surface area contributed by atoms with Crippen LogP contribution in [0, 0.1) is 0 Å². The first-order valence-electron chi connectivity index (χ1n) is 5.70. The molecule has 2 amide bonds. The van der Waals surface area contributed by atoms with Gasteiger partial charge in [-0.2, -0.15) is 5.10 Å². The fourth-order valence-corrected chi connectivity index (χ4v) is 2.10. The molecule has 0 heterocycles. The van der Waals surface area contributed by atoms with E-state index in [4.69, 9.17) is 22.1 Å². The Morgan fingerprint density at radius 1 is 1.40 bits per heavy atom. The molecule has 0 aliphatic heterocycles. The molecule has 1 aromatic rings. The number of halogens is 1. The number of thioether (sulfide) groups is 1. The van der Waals surface area contributed by atoms with Crippen molar-refractivity contribution in [1.29, 1.82) is 0 Å². The maximum atomic E-state index is 11.7. The van der Waals surface area contributed by atoms with Crippen molar-refractivity contribution in [2.45, 2.75) is 11.8 Å². The number of hydrazone groups is 1. The third-order valence-electron chi connectivity index (χ3n) is 2.00. The largest absolute Gasteiger partial charge is 0.461 e. The summed E-state index contributed by atoms with van der Waals surface area (Å²) in [7, 11) is 0. The lowest BCUT2D eigenvalue weighted by Crippen LogP contribution is -2.29. The molecule has 0 aromatic heterocycles. The van der Waals surface area contributed by atoms with Gasteiger partial charge < -0.3 is 10.5 Å². The van der Waals surface area contributed by atoms with Crippen LogP contribution in [0.15, 0.2) is 34.3 Å². The van der Waals surface area contributed by atoms with Crippen LogP contribution < -0.4 is 11.2 Å². The van der Waals surface area contributed by atoms with Gasteiger partial charge in [-0.05, 0) is 31.2 Å². The second-order valence-corrected chi connectivity index (χ2v) is 4.98. The van der Waals surface area contributed by atoms with Crippen LogP contribution in [0.4, 0.5) is 4.79 Å². The monoisotopic (exact) mass is 315 g/mol. The van der Waals surface area contributed by atoms with Crippen LogP contribution in [0.25, 0.3) is 0 Å². The van der Waals surface area contributed by atoms with Crippen molar-refractivity contribution >= 4 is 41.1 Å². The normalized spacial score (nSPS) is 11.0. The number of benzene rings is 1. The van der Waals surface area contributed by atoms with Gasteiger partial charge in [-0.15, -0.1) is 11.8 Å². The van der Waals surface area contributed by atoms with Crippen molar-refractivity contribution in [3.05, 3.63) is 29.3 Å². The van der Waals surface area contributed by atoms with E-state index >= 15 is 0 Å². The van der Waals surface area contributed by atoms with Gasteiger partial charge in [0.15, 0.2) is 5.71 Å². The minimum Gasteiger partial charge on any atom is -0.461 e. The van der Waals surface area contributed by atoms with E-state index in [-0.39, 0.29) is 18.1 Å². The highest BCUT2D eigenvalue weighted by Crippen LogP contribution is 2.20. The summed E-state index contributed by atoms with van der Waals surface area (Å²) >= 11 is 7.14. The van der Waals surface area contributed by atoms with Gasteiger partial charge in [-0.1, -0.05) is 11.6 Å². The number of nitrogens with one attached hydrogen (secondary N) is 1. The van der Waals surface area contributed by atoms with E-state index in [1.165, 1.54) is 11.8 Å². The van der Waals surface area contributed by atoms with Crippen molar-refractivity contribution in [3.63, 3.8) is 0 Å². The first-order chi connectivity index (χ1) is 9.52. The number of ether oxygens (including phenoxy) is 1. The minimum atomic E-state index is -0.844. The highest BCUT2D eigenvalue weighted by atomic mass is 35.5. The Morgan fingerprint density at radius 3 is 2.60 bits per heavy atom. The Labute approximate surface area is 125 Å². The zero-order valence-corrected chi connectivity index (χ0v) is 12.3. The Hall–Kier alpha value is -1.73. The molecule has 0 saturated carbocycles. The van der Waals surface area contributed by atoms with Gasteiger partial charge >= 0.3 is 12.0 Å². The van der Waals surface area contributed by atoms with Gasteiger partial charge in [0, 0.05) is 15.7 Å². The molecule has 20 heavy (non-hydrogen) atoms. The summed E-state index contributed by atoms with van der Waals surface area (Å²) in [5.74, 6) is -0.358. The second kappa shape index (κ2) is 8.44. The van der Waals surface area contributed by atoms with E-state index in [0.29, 0.717) is 5.02 Å². The van der Waals surface area contributed by atoms with Crippen LogP contribution in [0.2, 0.25) is 5.02 Å². The SMILES string of the molecule is CCOC(=O)/C(CSc1ccc(Cl)cc1)=N\NC(N)=O. The van der Waals surface area contributed by atoms with Gasteiger partial charge in [0.25, 0.3) is 0 Å². The molecule has 0 aliphatic rings. The van der Waals surface area contributed by atoms with Crippen LogP contribution >= 0.6 is 23.4 Å². The molecule has 0 unspecified atom stereocenters. The van der Waals surface area contributed by atoms with Gasteiger partial charge in [0.05, 0.1) is 6.61 Å². The molecule has 0 aliphatic carbocycles. The Balaban J connectivity index is 2.68. The molecular weight excluding hydrogens is 302 g/mol. The molecule has 0 radical (unpaired) electrons. The van der Waals surface area contributed by atoms with E-state index in [1.54, 1.807) is 19.1 Å². The quantitative estimate of drug-likeness (QED) is 0.363. The molecule has 108 valence electrons. The number of hydrogen-bond acceptors (Lipinski definition) is 5. The summed E-state index contributed by atoms with van der Waals surface area (Å²) in [5, 5.41) is 4.27. The predicted molar refractivity (Wildman–Crippen MR) is 79.0 cm³/mol. The van der Waals surface area contributed by atoms with Crippen molar-refractivity contribution in [3.8, 4) is 0 Å². The van der Waals surface area contributed by atoms with E-state index in [1.807, 2.05) is 17.6 Å². The maximum absolute atomic E-state index is 11.7. The van der Waals surface area contributed by atoms with Crippen LogP contribution in [0.5, 0.6) is 0 Å². The van der Waals surface area contributed by atoms with Gasteiger partial charge in [-0.3, -0.25) is 0 Å². The molecule has 3 N–H and O–H groups in total. The van der Waals surface area contributed by atoms with E-state index in [9.17, 15) is 9.59 Å². The molecule has 0 fully saturated rings. The Kier molecular flexibility index (Phi) is 6.89. The highest BCUT2D eigenvalue weighted by Gasteiger charge is 2.14. The first-order valence-corrected chi connectivity index (χ1v) is 7.06. The van der Waals surface area contributed by atoms with E-state index in [0.717, 1.165) is 4.90 Å². The van der Waals surface area contributed by atoms with Gasteiger partial charge in [0.2, 0.25) is 0 Å². The van der Waals surface area contributed by atoms with Crippen molar-refractivity contribution in [2.24, 2.45) is 10.8 Å². The lowest BCUT2D eigenvalue weighted by molar-refractivity contribution is -0.135. The van der Waals surface area contributed by atoms with Gasteiger partial charge in [-0.25, -0.2) is 15.0 Å². The lowest BCUT2D eigenvalue weighted by atomic mass is 10.4. The number of carbonyl (C=O) groups is 2. The number of primary amides is 1. The smallest absolute Gasteiger partial charge is 0.355 e. The lowest BCUT2D eigenvalue weighted by Gasteiger charge is -2.06. The first kappa shape index (κ1) is 16.3. The zero-order chi connectivity index (χ0) is 15.0. The van der Waals surface area contributed by atoms with Crippen LogP contribution in [0.1, 0.15) is 6.92 Å². The van der Waals surface area contributed by atoms with Crippen LogP contribution in [0.3, 0.4) is 0 Å². The minimum absolute atomic E-state index is 0.0746. The van der Waals surface area contributed by atoms with Crippen molar-refractivity contribution in [1.82, 2.24) is 5.43 Å². The Bertz CT molecular complexity index is 505. The summed E-state index contributed by atoms with van der Waals surface area (Å²) in [6.07, 6.45) is 0. The Morgan fingerprint density at radius 2 is 2.05 bits per heavy atom. The number of nitrogens with two attached hydrogens (primary N) is 1. The number of amides is 2. The molecule has 0 spiro atoms. The molecule has 0 atom stereocenters. The standard InChI is InChI=1S/C12H14ClN3O3S/c1-2-19-11(17)10(15-16-12(14)18)7-20-9-5-3-8(13)4-6-9/h3-6H,2,7H2,1H3,(H3,14,16,18)/b15-10-. The average Bonchev–Trinajstić information content (AvgIpc) is 2.40. The third kappa shape index (κ3) is 5.94. The summed E-state index contributed by atoms with van der Waals surface area (Å²) in [6.45, 7) is 1.91. The summed E-state index contributed by atoms with van der Waals surface area (Å²) in [5.41, 5.74) is 7.00. The summed E-state index contributed by atoms with van der Waals surface area (Å²) < 4.78 is 4.85. The molecule has 0 bridgehead atoms. The predicted octanol–water partition coefficient (Wildman–Crippen LogP) is 2.02. The topological polar surface area (TPSA) is 93.8 Å². The number of hydrogen-bond donors (Lipinski definition) is 2. The zero-order valence-electron chi connectivity index (χ0n) is 10.8. The highest BCUT2D eigenvalue weighted by molar-refractivity contribution is 8.00. The molecule has 1 aromatic carbocycles. The molecule has 6 nitrogen and oxygen atoms in total. The number of esters is 1. The van der Waals surface area contributed by atoms with Crippen LogP contribution in [-0.4, -0.2) is 30.1 Å². The maximum Gasteiger partial charge on any atom is 0.355 e. The molecular formula is C12H14ClN3O3S. The summed E-state index contributed by atoms with van der Waals surface area (Å²) in [4.78, 5) is 23.2. The van der Waals surface area contributed by atoms with Crippen LogP contribution in [-0.2, 0) is 9.53 Å². The molecule has 0 saturated heterocycles. The van der Waals surface area contributed by atoms with E-state index < -0.39 is 12.0 Å². The fourth-order valence-electron chi connectivity index (χ4n) is 1.16. The number of carbonyl (C=O) groups excluding carboxylic acids is 2. The van der Waals surface area contributed by atoms with Crippen molar-refractivity contribution in [2.75, 3.05) is 12.4 Å². The third-order valence-corrected chi connectivity index (χ3v) is 3.28. The van der Waals surface area contributed by atoms with Crippen molar-refractivity contribution < 1.29 is 14.3 Å². The number of nitrogens with zero attached hydrogens (tertiary/aromatic N) is 1. The number of urea groups is 1. The second-order valence-electron chi connectivity index (χ2n) is 3.50. The summed E-state index contributed by atoms with van der Waals surface area (Å²) in [6, 6.07) is 6.27. The number of rotatable bonds is 6. The molecule has 1 rings (SSSR count). The molecule has 8 heteroatoms. The van der Waals surface area contributed by atoms with E-state index in [2.05, 4.69) is 5.10 Å². The average molecular weight is 316 g/mol. The fraction of sp³-hybridized carbons (Fsp3) is 0.250. The van der Waals surface area contributed by atoms with Gasteiger partial charge in [0.1, 0.15) is 0 Å².